The summed E-state index contributed by atoms with van der Waals surface area (Å²) in [6.45, 7) is 3.95. The fourth-order valence-electron chi connectivity index (χ4n) is 1.64. The molecule has 3 N–H and O–H groups in total. The highest BCUT2D eigenvalue weighted by atomic mass is 16.4. The van der Waals surface area contributed by atoms with Crippen molar-refractivity contribution < 1.29 is 9.52 Å². The quantitative estimate of drug-likeness (QED) is 0.848. The number of hydrogen-bond acceptors (Lipinski definition) is 4. The number of nitrogens with zero attached hydrogens (tertiary/aromatic N) is 1. The van der Waals surface area contributed by atoms with Gasteiger partial charge in [-0.05, 0) is 26.0 Å². The second kappa shape index (κ2) is 4.69. The van der Waals surface area contributed by atoms with Crippen LogP contribution in [0.2, 0.25) is 0 Å². The first-order chi connectivity index (χ1) is 8.11. The number of nitrogens with two attached hydrogens (primary N) is 1. The van der Waals surface area contributed by atoms with E-state index in [1.807, 2.05) is 31.2 Å². The molecule has 17 heavy (non-hydrogen) atoms. The van der Waals surface area contributed by atoms with Crippen molar-refractivity contribution >= 4 is 0 Å². The summed E-state index contributed by atoms with van der Waals surface area (Å²) in [7, 11) is 0. The molecule has 90 valence electrons. The predicted molar refractivity (Wildman–Crippen MR) is 65.4 cm³/mol. The van der Waals surface area contributed by atoms with E-state index in [4.69, 9.17) is 10.2 Å². The highest BCUT2D eigenvalue weighted by Crippen LogP contribution is 2.25. The Morgan fingerprint density at radius 2 is 1.94 bits per heavy atom. The fraction of sp³-hybridized carbons (Fsp3) is 0.308. The van der Waals surface area contributed by atoms with Crippen molar-refractivity contribution in [2.45, 2.75) is 20.0 Å². The molecule has 4 heteroatoms. The molecule has 0 amide bonds. The summed E-state index contributed by atoms with van der Waals surface area (Å²) in [5.74, 6) is 0.966. The normalized spacial score (nSPS) is 12.7. The van der Waals surface area contributed by atoms with Crippen molar-refractivity contribution in [1.29, 1.82) is 0 Å². The number of hydrogen-bond donors (Lipinski definition) is 2. The predicted octanol–water partition coefficient (Wildman–Crippen LogP) is 1.95. The van der Waals surface area contributed by atoms with Gasteiger partial charge in [-0.15, -0.1) is 0 Å². The van der Waals surface area contributed by atoms with Gasteiger partial charge in [0, 0.05) is 12.1 Å². The lowest BCUT2D eigenvalue weighted by Gasteiger charge is -2.03. The van der Waals surface area contributed by atoms with Crippen LogP contribution in [0.3, 0.4) is 0 Å². The highest BCUT2D eigenvalue weighted by Gasteiger charge is 2.17. The summed E-state index contributed by atoms with van der Waals surface area (Å²) in [5.41, 5.74) is 8.16. The van der Waals surface area contributed by atoms with Gasteiger partial charge in [0.1, 0.15) is 6.10 Å². The number of aliphatic hydroxyl groups is 1. The molecule has 1 atom stereocenters. The molecule has 1 aromatic heterocycles. The zero-order valence-electron chi connectivity index (χ0n) is 9.97. The van der Waals surface area contributed by atoms with E-state index >= 15 is 0 Å². The van der Waals surface area contributed by atoms with E-state index in [2.05, 4.69) is 4.98 Å². The lowest BCUT2D eigenvalue weighted by atomic mass is 10.1. The van der Waals surface area contributed by atoms with Gasteiger partial charge in [-0.2, -0.15) is 0 Å². The number of aryl methyl sites for hydroxylation is 2. The molecular formula is C13H16N2O2. The van der Waals surface area contributed by atoms with Gasteiger partial charge in [0.15, 0.2) is 5.76 Å². The molecule has 0 aliphatic carbocycles. The minimum absolute atomic E-state index is 0.128. The van der Waals surface area contributed by atoms with E-state index in [1.165, 1.54) is 5.56 Å². The molecule has 1 unspecified atom stereocenters. The zero-order chi connectivity index (χ0) is 12.4. The summed E-state index contributed by atoms with van der Waals surface area (Å²) in [4.78, 5) is 4.30. The zero-order valence-corrected chi connectivity index (χ0v) is 9.97. The van der Waals surface area contributed by atoms with Gasteiger partial charge in [0.05, 0.1) is 5.69 Å². The number of aliphatic hydroxyl groups excluding tert-OH is 1. The Balaban J connectivity index is 2.37. The first-order valence-electron chi connectivity index (χ1n) is 5.54. The van der Waals surface area contributed by atoms with E-state index in [9.17, 15) is 5.11 Å². The SMILES string of the molecule is Cc1ccc(-c2nc(C)c(C(O)CN)o2)cc1. The van der Waals surface area contributed by atoms with Crippen molar-refractivity contribution in [3.63, 3.8) is 0 Å². The molecule has 2 rings (SSSR count). The van der Waals surface area contributed by atoms with Gasteiger partial charge in [0.25, 0.3) is 0 Å². The topological polar surface area (TPSA) is 72.3 Å². The number of aromatic nitrogens is 1. The molecule has 1 aromatic carbocycles. The third-order valence-corrected chi connectivity index (χ3v) is 2.66. The van der Waals surface area contributed by atoms with Gasteiger partial charge < -0.3 is 15.3 Å². The van der Waals surface area contributed by atoms with Crippen molar-refractivity contribution in [2.24, 2.45) is 5.73 Å². The van der Waals surface area contributed by atoms with Gasteiger partial charge in [0.2, 0.25) is 5.89 Å². The van der Waals surface area contributed by atoms with Crippen LogP contribution < -0.4 is 5.73 Å². The smallest absolute Gasteiger partial charge is 0.226 e. The van der Waals surface area contributed by atoms with Crippen LogP contribution >= 0.6 is 0 Å². The average Bonchev–Trinajstić information content (AvgIpc) is 2.71. The molecule has 2 aromatic rings. The molecule has 4 nitrogen and oxygen atoms in total. The van der Waals surface area contributed by atoms with Crippen molar-refractivity contribution in [2.75, 3.05) is 6.54 Å². The Bertz CT molecular complexity index is 503. The summed E-state index contributed by atoms with van der Waals surface area (Å²) in [5, 5.41) is 9.66. The van der Waals surface area contributed by atoms with Gasteiger partial charge in [-0.1, -0.05) is 17.7 Å². The number of oxazole rings is 1. The molecule has 0 radical (unpaired) electrons. The van der Waals surface area contributed by atoms with Gasteiger partial charge in [-0.3, -0.25) is 0 Å². The van der Waals surface area contributed by atoms with Crippen LogP contribution in [0.1, 0.15) is 23.1 Å². The maximum absolute atomic E-state index is 9.66. The summed E-state index contributed by atoms with van der Waals surface area (Å²) < 4.78 is 5.55. The molecule has 0 spiro atoms. The lowest BCUT2D eigenvalue weighted by Crippen LogP contribution is -2.11. The van der Waals surface area contributed by atoms with Crippen LogP contribution in [0.15, 0.2) is 28.7 Å². The van der Waals surface area contributed by atoms with Crippen LogP contribution in [0.5, 0.6) is 0 Å². The number of benzene rings is 1. The van der Waals surface area contributed by atoms with E-state index in [0.29, 0.717) is 17.3 Å². The first-order valence-corrected chi connectivity index (χ1v) is 5.54. The van der Waals surface area contributed by atoms with Crippen molar-refractivity contribution in [3.8, 4) is 11.5 Å². The van der Waals surface area contributed by atoms with E-state index in [-0.39, 0.29) is 6.54 Å². The van der Waals surface area contributed by atoms with Crippen LogP contribution in [0.4, 0.5) is 0 Å². The fourth-order valence-corrected chi connectivity index (χ4v) is 1.64. The minimum Gasteiger partial charge on any atom is -0.438 e. The maximum Gasteiger partial charge on any atom is 0.226 e. The molecule has 0 saturated carbocycles. The lowest BCUT2D eigenvalue weighted by molar-refractivity contribution is 0.158. The number of rotatable bonds is 3. The molecular weight excluding hydrogens is 216 g/mol. The van der Waals surface area contributed by atoms with E-state index in [0.717, 1.165) is 5.56 Å². The molecule has 0 saturated heterocycles. The van der Waals surface area contributed by atoms with Crippen molar-refractivity contribution in [1.82, 2.24) is 4.98 Å². The van der Waals surface area contributed by atoms with E-state index in [1.54, 1.807) is 6.92 Å². The summed E-state index contributed by atoms with van der Waals surface area (Å²) >= 11 is 0. The standard InChI is InChI=1S/C13H16N2O2/c1-8-3-5-10(6-4-8)13-15-9(2)12(17-13)11(16)7-14/h3-6,11,16H,7,14H2,1-2H3. The summed E-state index contributed by atoms with van der Waals surface area (Å²) in [6, 6.07) is 7.88. The Hall–Kier alpha value is -1.65. The average molecular weight is 232 g/mol. The van der Waals surface area contributed by atoms with Crippen LogP contribution in [-0.4, -0.2) is 16.6 Å². The molecule has 0 aliphatic rings. The molecule has 0 bridgehead atoms. The summed E-state index contributed by atoms with van der Waals surface area (Å²) in [6.07, 6.45) is -0.790. The molecule has 0 aliphatic heterocycles. The van der Waals surface area contributed by atoms with Gasteiger partial charge >= 0.3 is 0 Å². The first kappa shape index (κ1) is 11.8. The largest absolute Gasteiger partial charge is 0.438 e. The second-order valence-electron chi connectivity index (χ2n) is 4.09. The van der Waals surface area contributed by atoms with Crippen LogP contribution in [-0.2, 0) is 0 Å². The second-order valence-corrected chi connectivity index (χ2v) is 4.09. The molecule has 0 fully saturated rings. The molecule has 1 heterocycles. The van der Waals surface area contributed by atoms with Crippen LogP contribution in [0, 0.1) is 13.8 Å². The van der Waals surface area contributed by atoms with Crippen LogP contribution in [0.25, 0.3) is 11.5 Å². The Morgan fingerprint density at radius 1 is 1.29 bits per heavy atom. The monoisotopic (exact) mass is 232 g/mol. The third-order valence-electron chi connectivity index (χ3n) is 2.66. The third kappa shape index (κ3) is 2.38. The Kier molecular flexibility index (Phi) is 3.26. The maximum atomic E-state index is 9.66. The van der Waals surface area contributed by atoms with Gasteiger partial charge in [-0.25, -0.2) is 4.98 Å². The Morgan fingerprint density at radius 3 is 2.53 bits per heavy atom. The van der Waals surface area contributed by atoms with E-state index < -0.39 is 6.10 Å². The highest BCUT2D eigenvalue weighted by molar-refractivity contribution is 5.54. The van der Waals surface area contributed by atoms with Crippen molar-refractivity contribution in [3.05, 3.63) is 41.3 Å². The Labute approximate surface area is 100 Å². The minimum atomic E-state index is -0.790.